The molecule has 0 aliphatic carbocycles. The van der Waals surface area contributed by atoms with Gasteiger partial charge < -0.3 is 10.6 Å². The van der Waals surface area contributed by atoms with Gasteiger partial charge in [-0.1, -0.05) is 11.6 Å². The Hall–Kier alpha value is -1.24. The summed E-state index contributed by atoms with van der Waals surface area (Å²) in [7, 11) is 0. The molecule has 1 fully saturated rings. The number of nitrogens with two attached hydrogens (primary N) is 1. The monoisotopic (exact) mass is 235 g/mol. The molecule has 0 saturated carbocycles. The summed E-state index contributed by atoms with van der Waals surface area (Å²) in [6.07, 6.45) is 1.12. The molecule has 1 aromatic carbocycles. The molecule has 1 saturated heterocycles. The molecule has 1 aromatic rings. The lowest BCUT2D eigenvalue weighted by Gasteiger charge is -2.19. The molecule has 0 amide bonds. The van der Waals surface area contributed by atoms with Crippen molar-refractivity contribution in [2.45, 2.75) is 6.42 Å². The Morgan fingerprint density at radius 2 is 2.38 bits per heavy atom. The summed E-state index contributed by atoms with van der Waals surface area (Å²) in [6.45, 7) is 2.68. The molecule has 1 aliphatic rings. The lowest BCUT2D eigenvalue weighted by molar-refractivity contribution is 0.602. The summed E-state index contributed by atoms with van der Waals surface area (Å²) < 4.78 is 0. The maximum absolute atomic E-state index is 8.76. The van der Waals surface area contributed by atoms with Gasteiger partial charge in [0.05, 0.1) is 22.3 Å². The SMILES string of the molecule is N#Cc1ccc(N2CCC(CN)C2)c(Cl)c1. The van der Waals surface area contributed by atoms with E-state index in [0.29, 0.717) is 16.5 Å². The second-order valence-electron chi connectivity index (χ2n) is 4.11. The highest BCUT2D eigenvalue weighted by molar-refractivity contribution is 6.33. The Labute approximate surface area is 100 Å². The van der Waals surface area contributed by atoms with Crippen LogP contribution in [-0.4, -0.2) is 19.6 Å². The molecule has 0 radical (unpaired) electrons. The minimum absolute atomic E-state index is 0.562. The van der Waals surface area contributed by atoms with Crippen LogP contribution in [0.15, 0.2) is 18.2 Å². The van der Waals surface area contributed by atoms with Crippen molar-refractivity contribution in [2.24, 2.45) is 11.7 Å². The van der Waals surface area contributed by atoms with Gasteiger partial charge in [0.2, 0.25) is 0 Å². The first-order valence-corrected chi connectivity index (χ1v) is 5.77. The van der Waals surface area contributed by atoms with Crippen LogP contribution in [-0.2, 0) is 0 Å². The smallest absolute Gasteiger partial charge is 0.0992 e. The van der Waals surface area contributed by atoms with Crippen LogP contribution in [0.2, 0.25) is 5.02 Å². The standard InChI is InChI=1S/C12H14ClN3/c13-11-5-9(6-14)1-2-12(11)16-4-3-10(7-15)8-16/h1-2,5,10H,3-4,7-8,15H2. The van der Waals surface area contributed by atoms with Crippen molar-refractivity contribution in [3.05, 3.63) is 28.8 Å². The molecule has 0 aromatic heterocycles. The van der Waals surface area contributed by atoms with E-state index < -0.39 is 0 Å². The van der Waals surface area contributed by atoms with Crippen molar-refractivity contribution in [3.8, 4) is 6.07 Å². The predicted molar refractivity (Wildman–Crippen MR) is 65.5 cm³/mol. The van der Waals surface area contributed by atoms with Gasteiger partial charge in [-0.05, 0) is 37.1 Å². The molecule has 0 spiro atoms. The average molecular weight is 236 g/mol. The Morgan fingerprint density at radius 1 is 1.56 bits per heavy atom. The number of hydrogen-bond acceptors (Lipinski definition) is 3. The first-order chi connectivity index (χ1) is 7.74. The highest BCUT2D eigenvalue weighted by Gasteiger charge is 2.22. The Balaban J connectivity index is 2.19. The van der Waals surface area contributed by atoms with Gasteiger partial charge in [-0.2, -0.15) is 5.26 Å². The summed E-state index contributed by atoms with van der Waals surface area (Å²) in [5.41, 5.74) is 7.27. The van der Waals surface area contributed by atoms with Crippen LogP contribution >= 0.6 is 11.6 Å². The normalized spacial score (nSPS) is 19.8. The molecule has 2 N–H and O–H groups in total. The lowest BCUT2D eigenvalue weighted by Crippen LogP contribution is -2.22. The maximum Gasteiger partial charge on any atom is 0.0992 e. The lowest BCUT2D eigenvalue weighted by atomic mass is 10.1. The number of hydrogen-bond donors (Lipinski definition) is 1. The summed E-state index contributed by atoms with van der Waals surface area (Å²) >= 11 is 6.16. The van der Waals surface area contributed by atoms with E-state index in [4.69, 9.17) is 22.6 Å². The third kappa shape index (κ3) is 2.13. The van der Waals surface area contributed by atoms with Gasteiger partial charge >= 0.3 is 0 Å². The molecule has 1 aliphatic heterocycles. The number of anilines is 1. The van der Waals surface area contributed by atoms with Crippen molar-refractivity contribution < 1.29 is 0 Å². The Bertz CT molecular complexity index is 425. The van der Waals surface area contributed by atoms with Gasteiger partial charge in [-0.25, -0.2) is 0 Å². The molecule has 1 atom stereocenters. The summed E-state index contributed by atoms with van der Waals surface area (Å²) in [4.78, 5) is 2.24. The fourth-order valence-corrected chi connectivity index (χ4v) is 2.38. The van der Waals surface area contributed by atoms with Crippen LogP contribution in [0, 0.1) is 17.2 Å². The molecule has 16 heavy (non-hydrogen) atoms. The molecular formula is C12H14ClN3. The highest BCUT2D eigenvalue weighted by atomic mass is 35.5. The Morgan fingerprint density at radius 3 is 2.94 bits per heavy atom. The van der Waals surface area contributed by atoms with Gasteiger partial charge in [-0.15, -0.1) is 0 Å². The largest absolute Gasteiger partial charge is 0.370 e. The maximum atomic E-state index is 8.76. The quantitative estimate of drug-likeness (QED) is 0.853. The summed E-state index contributed by atoms with van der Waals surface area (Å²) in [5.74, 6) is 0.562. The molecule has 1 unspecified atom stereocenters. The number of nitriles is 1. The van der Waals surface area contributed by atoms with E-state index in [0.717, 1.165) is 31.7 Å². The molecule has 0 bridgehead atoms. The number of benzene rings is 1. The zero-order chi connectivity index (χ0) is 11.5. The average Bonchev–Trinajstić information content (AvgIpc) is 2.77. The second kappa shape index (κ2) is 4.73. The topological polar surface area (TPSA) is 53.0 Å². The summed E-state index contributed by atoms with van der Waals surface area (Å²) in [5, 5.41) is 9.41. The molecule has 84 valence electrons. The molecule has 1 heterocycles. The van der Waals surface area contributed by atoms with Crippen molar-refractivity contribution >= 4 is 17.3 Å². The molecular weight excluding hydrogens is 222 g/mol. The third-order valence-electron chi connectivity index (χ3n) is 3.04. The van der Waals surface area contributed by atoms with Crippen LogP contribution < -0.4 is 10.6 Å². The van der Waals surface area contributed by atoms with E-state index in [1.54, 1.807) is 12.1 Å². The van der Waals surface area contributed by atoms with Crippen LogP contribution in [0.1, 0.15) is 12.0 Å². The molecule has 3 nitrogen and oxygen atoms in total. The first kappa shape index (κ1) is 11.3. The van der Waals surface area contributed by atoms with Gasteiger partial charge in [0.25, 0.3) is 0 Å². The number of rotatable bonds is 2. The first-order valence-electron chi connectivity index (χ1n) is 5.39. The van der Waals surface area contributed by atoms with Crippen molar-refractivity contribution in [1.29, 1.82) is 5.26 Å². The molecule has 4 heteroatoms. The van der Waals surface area contributed by atoms with Crippen LogP contribution in [0.5, 0.6) is 0 Å². The second-order valence-corrected chi connectivity index (χ2v) is 4.52. The fourth-order valence-electron chi connectivity index (χ4n) is 2.08. The highest BCUT2D eigenvalue weighted by Crippen LogP contribution is 2.30. The van der Waals surface area contributed by atoms with E-state index in [1.807, 2.05) is 6.07 Å². The van der Waals surface area contributed by atoms with Crippen LogP contribution in [0.25, 0.3) is 0 Å². The number of nitrogens with zero attached hydrogens (tertiary/aromatic N) is 2. The third-order valence-corrected chi connectivity index (χ3v) is 3.34. The van der Waals surface area contributed by atoms with E-state index in [-0.39, 0.29) is 0 Å². The van der Waals surface area contributed by atoms with Crippen LogP contribution in [0.4, 0.5) is 5.69 Å². The Kier molecular flexibility index (Phi) is 3.33. The van der Waals surface area contributed by atoms with Crippen molar-refractivity contribution in [3.63, 3.8) is 0 Å². The molecule has 2 rings (SSSR count). The van der Waals surface area contributed by atoms with Crippen molar-refractivity contribution in [1.82, 2.24) is 0 Å². The van der Waals surface area contributed by atoms with E-state index in [9.17, 15) is 0 Å². The van der Waals surface area contributed by atoms with E-state index >= 15 is 0 Å². The van der Waals surface area contributed by atoms with E-state index in [2.05, 4.69) is 11.0 Å². The zero-order valence-electron chi connectivity index (χ0n) is 8.99. The van der Waals surface area contributed by atoms with Crippen molar-refractivity contribution in [2.75, 3.05) is 24.5 Å². The minimum Gasteiger partial charge on any atom is -0.370 e. The summed E-state index contributed by atoms with van der Waals surface area (Å²) in [6, 6.07) is 7.52. The van der Waals surface area contributed by atoms with Gasteiger partial charge in [0.15, 0.2) is 0 Å². The minimum atomic E-state index is 0.562. The number of halogens is 1. The van der Waals surface area contributed by atoms with E-state index in [1.165, 1.54) is 0 Å². The fraction of sp³-hybridized carbons (Fsp3) is 0.417. The van der Waals surface area contributed by atoms with Gasteiger partial charge in [0.1, 0.15) is 0 Å². The van der Waals surface area contributed by atoms with Gasteiger partial charge in [-0.3, -0.25) is 0 Å². The predicted octanol–water partition coefficient (Wildman–Crippen LogP) is 2.00. The van der Waals surface area contributed by atoms with Gasteiger partial charge in [0, 0.05) is 13.1 Å². The van der Waals surface area contributed by atoms with Crippen LogP contribution in [0.3, 0.4) is 0 Å². The zero-order valence-corrected chi connectivity index (χ0v) is 9.74.